The average Bonchev–Trinajstić information content (AvgIpc) is 1.30. The molecule has 7 heavy (non-hydrogen) atoms. The summed E-state index contributed by atoms with van der Waals surface area (Å²) in [6, 6.07) is 0. The van der Waals surface area contributed by atoms with E-state index in [9.17, 15) is 0 Å². The van der Waals surface area contributed by atoms with Crippen molar-refractivity contribution in [1.29, 1.82) is 0 Å². The third-order valence-electron chi connectivity index (χ3n) is 0.426. The van der Waals surface area contributed by atoms with E-state index in [1.54, 1.807) is 0 Å². The molecule has 0 heterocycles. The monoisotopic (exact) mass is 177 g/mol. The van der Waals surface area contributed by atoms with E-state index in [1.165, 1.54) is 0 Å². The Hall–Kier alpha value is 0.296. The second-order valence-electron chi connectivity index (χ2n) is 2.48. The van der Waals surface area contributed by atoms with Crippen LogP contribution in [0.25, 0.3) is 0 Å². The van der Waals surface area contributed by atoms with Crippen LogP contribution in [0.4, 0.5) is 0 Å². The van der Waals surface area contributed by atoms with E-state index in [1.807, 2.05) is 0 Å². The van der Waals surface area contributed by atoms with Crippen molar-refractivity contribution in [2.24, 2.45) is 0 Å². The normalized spacial score (nSPS) is 9.57. The van der Waals surface area contributed by atoms with Crippen LogP contribution in [0.2, 0.25) is 19.6 Å². The summed E-state index contributed by atoms with van der Waals surface area (Å²) in [7, 11) is -1.05. The van der Waals surface area contributed by atoms with Gasteiger partial charge in [0.2, 0.25) is 0 Å². The van der Waals surface area contributed by atoms with E-state index in [0.29, 0.717) is 0 Å². The standard InChI is InChI=1S/C5H9SeSi/c1-7(2,3)5-4-6/h1-3H3. The fourth-order valence-electron chi connectivity index (χ4n) is 0.153. The van der Waals surface area contributed by atoms with Crippen molar-refractivity contribution in [2.75, 3.05) is 0 Å². The van der Waals surface area contributed by atoms with Crippen LogP contribution in [0, 0.1) is 10.4 Å². The van der Waals surface area contributed by atoms with Gasteiger partial charge in [0.25, 0.3) is 0 Å². The molecule has 0 bridgehead atoms. The summed E-state index contributed by atoms with van der Waals surface area (Å²) in [5.41, 5.74) is 3.12. The van der Waals surface area contributed by atoms with Gasteiger partial charge in [0.1, 0.15) is 0 Å². The molecule has 1 radical (unpaired) electrons. The Bertz CT molecular complexity index is 101. The summed E-state index contributed by atoms with van der Waals surface area (Å²) in [6.45, 7) is 6.66. The van der Waals surface area contributed by atoms with E-state index >= 15 is 0 Å². The Balaban J connectivity index is 3.72. The van der Waals surface area contributed by atoms with Crippen molar-refractivity contribution in [3.63, 3.8) is 0 Å². The minimum absolute atomic E-state index is 1.05. The Kier molecular flexibility index (Phi) is 2.67. The zero-order valence-corrected chi connectivity index (χ0v) is 7.62. The first-order chi connectivity index (χ1) is 3.06. The van der Waals surface area contributed by atoms with Gasteiger partial charge in [-0.2, -0.15) is 0 Å². The van der Waals surface area contributed by atoms with Gasteiger partial charge in [0.05, 0.1) is 0 Å². The van der Waals surface area contributed by atoms with Gasteiger partial charge in [0.15, 0.2) is 0 Å². The van der Waals surface area contributed by atoms with Crippen LogP contribution in [0.1, 0.15) is 0 Å². The molecule has 0 spiro atoms. The van der Waals surface area contributed by atoms with Gasteiger partial charge in [0, 0.05) is 0 Å². The van der Waals surface area contributed by atoms with Crippen LogP contribution < -0.4 is 0 Å². The molecule has 0 aromatic carbocycles. The maximum atomic E-state index is 3.12. The Morgan fingerprint density at radius 2 is 1.71 bits per heavy atom. The summed E-state index contributed by atoms with van der Waals surface area (Å²) in [4.78, 5) is 2.79. The second-order valence-corrected chi connectivity index (χ2v) is 7.66. The van der Waals surface area contributed by atoms with Crippen molar-refractivity contribution in [2.45, 2.75) is 19.6 Å². The molecule has 0 N–H and O–H groups in total. The number of rotatable bonds is 0. The summed E-state index contributed by atoms with van der Waals surface area (Å²) >= 11 is 2.67. The molecule has 0 aliphatic carbocycles. The fraction of sp³-hybridized carbons (Fsp3) is 0.600. The summed E-state index contributed by atoms with van der Waals surface area (Å²) in [5, 5.41) is 0. The van der Waals surface area contributed by atoms with Crippen LogP contribution in [0.15, 0.2) is 0 Å². The van der Waals surface area contributed by atoms with Crippen molar-refractivity contribution in [3.05, 3.63) is 0 Å². The van der Waals surface area contributed by atoms with Gasteiger partial charge >= 0.3 is 54.1 Å². The van der Waals surface area contributed by atoms with Crippen LogP contribution in [-0.2, 0) is 0 Å². The van der Waals surface area contributed by atoms with Crippen LogP contribution >= 0.6 is 0 Å². The van der Waals surface area contributed by atoms with Gasteiger partial charge in [-0.3, -0.25) is 0 Å². The third-order valence-corrected chi connectivity index (χ3v) is 1.92. The molecule has 2 heteroatoms. The van der Waals surface area contributed by atoms with Crippen molar-refractivity contribution in [1.82, 2.24) is 0 Å². The Labute approximate surface area is 54.5 Å². The van der Waals surface area contributed by atoms with Crippen LogP contribution in [-0.4, -0.2) is 24.1 Å². The summed E-state index contributed by atoms with van der Waals surface area (Å²) < 4.78 is 0. The SMILES string of the molecule is C[Si](C)(C)C#C[Se]. The predicted octanol–water partition coefficient (Wildman–Crippen LogP) is 0.993. The van der Waals surface area contributed by atoms with Gasteiger partial charge in [-0.05, 0) is 0 Å². The predicted molar refractivity (Wildman–Crippen MR) is 36.9 cm³/mol. The van der Waals surface area contributed by atoms with Gasteiger partial charge in [-0.1, -0.05) is 0 Å². The maximum absolute atomic E-state index is 3.12. The molecule has 0 amide bonds. The summed E-state index contributed by atoms with van der Waals surface area (Å²) in [5.74, 6) is 0. The molecule has 0 aromatic heterocycles. The molecular weight excluding hydrogens is 167 g/mol. The van der Waals surface area contributed by atoms with Crippen molar-refractivity contribution < 1.29 is 0 Å². The zero-order valence-electron chi connectivity index (χ0n) is 4.91. The molecule has 0 aromatic rings. The first-order valence-corrected chi connectivity index (χ1v) is 6.56. The van der Waals surface area contributed by atoms with Gasteiger partial charge in [-0.15, -0.1) is 0 Å². The van der Waals surface area contributed by atoms with Crippen LogP contribution in [0.3, 0.4) is 0 Å². The van der Waals surface area contributed by atoms with Crippen LogP contribution in [0.5, 0.6) is 0 Å². The molecule has 0 saturated heterocycles. The second kappa shape index (κ2) is 2.57. The Morgan fingerprint density at radius 3 is 1.71 bits per heavy atom. The molecule has 0 fully saturated rings. The topological polar surface area (TPSA) is 0 Å². The quantitative estimate of drug-likeness (QED) is 0.381. The molecule has 39 valence electrons. The van der Waals surface area contributed by atoms with E-state index in [-0.39, 0.29) is 0 Å². The average molecular weight is 176 g/mol. The van der Waals surface area contributed by atoms with E-state index in [2.05, 4.69) is 46.0 Å². The Morgan fingerprint density at radius 1 is 1.29 bits per heavy atom. The van der Waals surface area contributed by atoms with Crippen molar-refractivity contribution in [3.8, 4) is 10.4 Å². The first kappa shape index (κ1) is 7.30. The molecule has 0 aliphatic rings. The molecule has 0 rings (SSSR count). The van der Waals surface area contributed by atoms with E-state index in [4.69, 9.17) is 0 Å². The molecule has 0 atom stereocenters. The molecular formula is C5H9SeSi. The first-order valence-electron chi connectivity index (χ1n) is 2.20. The molecule has 0 saturated carbocycles. The summed E-state index contributed by atoms with van der Waals surface area (Å²) in [6.07, 6.45) is 0. The van der Waals surface area contributed by atoms with Gasteiger partial charge < -0.3 is 0 Å². The zero-order chi connectivity index (χ0) is 5.91. The molecule has 0 unspecified atom stereocenters. The third kappa shape index (κ3) is 6.30. The van der Waals surface area contributed by atoms with Crippen molar-refractivity contribution >= 4 is 24.1 Å². The fourth-order valence-corrected chi connectivity index (χ4v) is 2.39. The number of hydrogen-bond donors (Lipinski definition) is 0. The minimum atomic E-state index is -1.05. The molecule has 0 nitrogen and oxygen atoms in total. The molecule has 0 aliphatic heterocycles. The van der Waals surface area contributed by atoms with E-state index in [0.717, 1.165) is 0 Å². The van der Waals surface area contributed by atoms with Gasteiger partial charge in [-0.25, -0.2) is 0 Å². The number of hydrogen-bond acceptors (Lipinski definition) is 0. The van der Waals surface area contributed by atoms with E-state index < -0.39 is 8.07 Å².